The summed E-state index contributed by atoms with van der Waals surface area (Å²) < 4.78 is 27.8. The first-order valence-corrected chi connectivity index (χ1v) is 11.8. The van der Waals surface area contributed by atoms with Gasteiger partial charge in [-0.2, -0.15) is 4.31 Å². The fourth-order valence-electron chi connectivity index (χ4n) is 4.00. The highest BCUT2D eigenvalue weighted by Gasteiger charge is 2.31. The molecule has 0 saturated carbocycles. The zero-order chi connectivity index (χ0) is 22.6. The fraction of sp³-hybridized carbons (Fsp3) is 0.391. The summed E-state index contributed by atoms with van der Waals surface area (Å²) in [6, 6.07) is 13.3. The smallest absolute Gasteiger partial charge is 0.251 e. The van der Waals surface area contributed by atoms with E-state index in [-0.39, 0.29) is 28.8 Å². The van der Waals surface area contributed by atoms with Crippen LogP contribution in [-0.4, -0.2) is 37.6 Å². The van der Waals surface area contributed by atoms with E-state index >= 15 is 0 Å². The van der Waals surface area contributed by atoms with Crippen LogP contribution in [0.15, 0.2) is 53.4 Å². The predicted octanol–water partition coefficient (Wildman–Crippen LogP) is 3.24. The molecule has 2 unspecified atom stereocenters. The zero-order valence-electron chi connectivity index (χ0n) is 18.1. The van der Waals surface area contributed by atoms with Gasteiger partial charge >= 0.3 is 0 Å². The van der Waals surface area contributed by atoms with Crippen LogP contribution in [0.1, 0.15) is 43.1 Å². The minimum atomic E-state index is -3.66. The molecule has 1 saturated heterocycles. The van der Waals surface area contributed by atoms with Crippen molar-refractivity contribution in [2.24, 2.45) is 11.8 Å². The standard InChI is InChI=1S/C23H29N3O4S/c1-16-10-17(2)15-26(14-16)31(29,30)22-9-5-7-20(12-22)23(28)24-13-19-6-4-8-21(11-19)25-18(3)27/h4-9,11-12,16-17H,10,13-15H2,1-3H3,(H,24,28)(H,25,27). The van der Waals surface area contributed by atoms with Crippen molar-refractivity contribution < 1.29 is 18.0 Å². The van der Waals surface area contributed by atoms with Crippen molar-refractivity contribution >= 4 is 27.5 Å². The Morgan fingerprint density at radius 2 is 1.71 bits per heavy atom. The molecule has 0 bridgehead atoms. The van der Waals surface area contributed by atoms with E-state index in [9.17, 15) is 18.0 Å². The van der Waals surface area contributed by atoms with Crippen LogP contribution in [0.5, 0.6) is 0 Å². The summed E-state index contributed by atoms with van der Waals surface area (Å²) in [5, 5.41) is 5.51. The summed E-state index contributed by atoms with van der Waals surface area (Å²) >= 11 is 0. The number of hydrogen-bond acceptors (Lipinski definition) is 4. The first kappa shape index (κ1) is 23.0. The average Bonchev–Trinajstić information content (AvgIpc) is 2.71. The van der Waals surface area contributed by atoms with Crippen LogP contribution >= 0.6 is 0 Å². The van der Waals surface area contributed by atoms with Crippen molar-refractivity contribution in [2.45, 2.75) is 38.6 Å². The first-order chi connectivity index (χ1) is 14.6. The Bertz CT molecular complexity index is 1060. The Hall–Kier alpha value is -2.71. The molecule has 3 rings (SSSR count). The molecule has 7 nitrogen and oxygen atoms in total. The van der Waals surface area contributed by atoms with Crippen LogP contribution in [0, 0.1) is 11.8 Å². The predicted molar refractivity (Wildman–Crippen MR) is 120 cm³/mol. The molecule has 166 valence electrons. The lowest BCUT2D eigenvalue weighted by atomic mass is 9.94. The van der Waals surface area contributed by atoms with Crippen LogP contribution in [0.4, 0.5) is 5.69 Å². The number of carbonyl (C=O) groups is 2. The monoisotopic (exact) mass is 443 g/mol. The number of nitrogens with one attached hydrogen (secondary N) is 2. The highest BCUT2D eigenvalue weighted by molar-refractivity contribution is 7.89. The summed E-state index contributed by atoms with van der Waals surface area (Å²) in [4.78, 5) is 24.0. The highest BCUT2D eigenvalue weighted by atomic mass is 32.2. The molecular weight excluding hydrogens is 414 g/mol. The molecular formula is C23H29N3O4S. The summed E-state index contributed by atoms with van der Waals surface area (Å²) in [5.41, 5.74) is 1.76. The van der Waals surface area contributed by atoms with E-state index < -0.39 is 10.0 Å². The molecule has 1 aliphatic heterocycles. The number of anilines is 1. The number of sulfonamides is 1. The molecule has 1 aliphatic rings. The summed E-state index contributed by atoms with van der Waals surface area (Å²) in [6.07, 6.45) is 1.01. The lowest BCUT2D eigenvalue weighted by Gasteiger charge is -2.34. The van der Waals surface area contributed by atoms with Gasteiger partial charge in [-0.15, -0.1) is 0 Å². The molecule has 0 aromatic heterocycles. The number of amides is 2. The van der Waals surface area contributed by atoms with Gasteiger partial charge in [0.05, 0.1) is 4.90 Å². The van der Waals surface area contributed by atoms with Gasteiger partial charge in [0.2, 0.25) is 15.9 Å². The molecule has 8 heteroatoms. The Balaban J connectivity index is 1.71. The first-order valence-electron chi connectivity index (χ1n) is 10.4. The van der Waals surface area contributed by atoms with Crippen molar-refractivity contribution in [3.05, 3.63) is 59.7 Å². The number of piperidine rings is 1. The zero-order valence-corrected chi connectivity index (χ0v) is 18.9. The van der Waals surface area contributed by atoms with Crippen molar-refractivity contribution in [1.29, 1.82) is 0 Å². The van der Waals surface area contributed by atoms with Crippen molar-refractivity contribution in [2.75, 3.05) is 18.4 Å². The van der Waals surface area contributed by atoms with Gasteiger partial charge in [0.15, 0.2) is 0 Å². The van der Waals surface area contributed by atoms with Crippen molar-refractivity contribution in [3.8, 4) is 0 Å². The molecule has 2 N–H and O–H groups in total. The lowest BCUT2D eigenvalue weighted by Crippen LogP contribution is -2.42. The number of carbonyl (C=O) groups excluding carboxylic acids is 2. The molecule has 2 aromatic rings. The third-order valence-electron chi connectivity index (χ3n) is 5.27. The Morgan fingerprint density at radius 3 is 2.39 bits per heavy atom. The maximum Gasteiger partial charge on any atom is 0.251 e. The van der Waals surface area contributed by atoms with Crippen LogP contribution in [-0.2, 0) is 21.4 Å². The van der Waals surface area contributed by atoms with Gasteiger partial charge in [0, 0.05) is 37.8 Å². The molecule has 2 amide bonds. The minimum absolute atomic E-state index is 0.133. The van der Waals surface area contributed by atoms with E-state index in [1.165, 1.54) is 23.4 Å². The number of nitrogens with zero attached hydrogens (tertiary/aromatic N) is 1. The molecule has 2 aromatic carbocycles. The molecule has 1 heterocycles. The Morgan fingerprint density at radius 1 is 1.03 bits per heavy atom. The SMILES string of the molecule is CC(=O)Nc1cccc(CNC(=O)c2cccc(S(=O)(=O)N3CC(C)CC(C)C3)c2)c1. The van der Waals surface area contributed by atoms with E-state index in [1.807, 2.05) is 6.07 Å². The Kier molecular flexibility index (Phi) is 7.12. The van der Waals surface area contributed by atoms with Crippen LogP contribution in [0.3, 0.4) is 0 Å². The third-order valence-corrected chi connectivity index (χ3v) is 7.10. The largest absolute Gasteiger partial charge is 0.348 e. The van der Waals surface area contributed by atoms with Crippen LogP contribution in [0.2, 0.25) is 0 Å². The summed E-state index contributed by atoms with van der Waals surface area (Å²) in [6.45, 7) is 6.79. The quantitative estimate of drug-likeness (QED) is 0.716. The van der Waals surface area contributed by atoms with Crippen molar-refractivity contribution in [1.82, 2.24) is 9.62 Å². The molecule has 0 radical (unpaired) electrons. The average molecular weight is 444 g/mol. The third kappa shape index (κ3) is 5.92. The highest BCUT2D eigenvalue weighted by Crippen LogP contribution is 2.27. The van der Waals surface area contributed by atoms with Crippen molar-refractivity contribution in [3.63, 3.8) is 0 Å². The second-order valence-corrected chi connectivity index (χ2v) is 10.3. The van der Waals surface area contributed by atoms with E-state index in [0.717, 1.165) is 12.0 Å². The normalized spacial score (nSPS) is 19.6. The number of rotatable bonds is 6. The number of benzene rings is 2. The topological polar surface area (TPSA) is 95.6 Å². The van der Waals surface area contributed by atoms with Gasteiger partial charge < -0.3 is 10.6 Å². The summed E-state index contributed by atoms with van der Waals surface area (Å²) in [7, 11) is -3.66. The van der Waals surface area contributed by atoms with E-state index in [1.54, 1.807) is 30.3 Å². The lowest BCUT2D eigenvalue weighted by molar-refractivity contribution is -0.114. The van der Waals surface area contributed by atoms with E-state index in [0.29, 0.717) is 30.6 Å². The van der Waals surface area contributed by atoms with Gasteiger partial charge in [-0.05, 0) is 54.2 Å². The van der Waals surface area contributed by atoms with Crippen LogP contribution < -0.4 is 10.6 Å². The molecule has 1 fully saturated rings. The number of hydrogen-bond donors (Lipinski definition) is 2. The molecule has 31 heavy (non-hydrogen) atoms. The van der Waals surface area contributed by atoms with Gasteiger partial charge in [-0.3, -0.25) is 9.59 Å². The maximum absolute atomic E-state index is 13.1. The van der Waals surface area contributed by atoms with Gasteiger partial charge in [0.1, 0.15) is 0 Å². The fourth-order valence-corrected chi connectivity index (χ4v) is 5.72. The second-order valence-electron chi connectivity index (χ2n) is 8.36. The molecule has 2 atom stereocenters. The van der Waals surface area contributed by atoms with Gasteiger partial charge in [-0.25, -0.2) is 8.42 Å². The maximum atomic E-state index is 13.1. The summed E-state index contributed by atoms with van der Waals surface area (Å²) in [5.74, 6) is 0.0792. The Labute approximate surface area is 183 Å². The van der Waals surface area contributed by atoms with Gasteiger partial charge in [-0.1, -0.05) is 32.0 Å². The molecule has 0 spiro atoms. The van der Waals surface area contributed by atoms with Crippen LogP contribution in [0.25, 0.3) is 0 Å². The van der Waals surface area contributed by atoms with E-state index in [2.05, 4.69) is 24.5 Å². The van der Waals surface area contributed by atoms with Gasteiger partial charge in [0.25, 0.3) is 5.91 Å². The second kappa shape index (κ2) is 9.62. The van der Waals surface area contributed by atoms with E-state index in [4.69, 9.17) is 0 Å². The molecule has 0 aliphatic carbocycles. The minimum Gasteiger partial charge on any atom is -0.348 e.